The first kappa shape index (κ1) is 19.1. The highest BCUT2D eigenvalue weighted by Crippen LogP contribution is 2.36. The fraction of sp³-hybridized carbons (Fsp3) is 0.0417. The molecule has 0 saturated carbocycles. The third-order valence-electron chi connectivity index (χ3n) is 4.90. The molecule has 3 aromatic heterocycles. The zero-order valence-electron chi connectivity index (χ0n) is 16.2. The van der Waals surface area contributed by atoms with Crippen LogP contribution >= 0.6 is 11.6 Å². The van der Waals surface area contributed by atoms with Gasteiger partial charge in [0.05, 0.1) is 21.8 Å². The number of fused-ring (bicyclic) bond motifs is 1. The zero-order chi connectivity index (χ0) is 21.2. The first-order chi connectivity index (χ1) is 15.2. The van der Waals surface area contributed by atoms with Crippen LogP contribution in [0.2, 0.25) is 5.02 Å². The van der Waals surface area contributed by atoms with E-state index < -0.39 is 0 Å². The summed E-state index contributed by atoms with van der Waals surface area (Å²) in [5.74, 6) is 0.955. The van der Waals surface area contributed by atoms with Gasteiger partial charge in [0, 0.05) is 23.3 Å². The molecule has 2 aromatic carbocycles. The van der Waals surface area contributed by atoms with E-state index in [0.717, 1.165) is 16.6 Å². The Kier molecular flexibility index (Phi) is 4.98. The van der Waals surface area contributed by atoms with Gasteiger partial charge in [-0.2, -0.15) is 5.16 Å². The normalized spacial score (nSPS) is 11.0. The SMILES string of the molecule is O=c1[nH]oc(-c2ccc(OCc3ccc4ccccc4n3)cc2Cl)c1-c1ccncc1. The number of benzene rings is 2. The molecule has 0 spiro atoms. The Balaban J connectivity index is 1.40. The molecule has 5 rings (SSSR count). The van der Waals surface area contributed by atoms with Crippen molar-refractivity contribution in [3.63, 3.8) is 0 Å². The van der Waals surface area contributed by atoms with E-state index in [1.54, 1.807) is 42.7 Å². The summed E-state index contributed by atoms with van der Waals surface area (Å²) in [6.45, 7) is 0.308. The van der Waals surface area contributed by atoms with Crippen molar-refractivity contribution < 1.29 is 9.26 Å². The second-order valence-electron chi connectivity index (χ2n) is 6.90. The first-order valence-electron chi connectivity index (χ1n) is 9.58. The van der Waals surface area contributed by atoms with Crippen molar-refractivity contribution >= 4 is 22.5 Å². The van der Waals surface area contributed by atoms with Gasteiger partial charge in [-0.15, -0.1) is 0 Å². The number of aromatic nitrogens is 3. The molecule has 152 valence electrons. The van der Waals surface area contributed by atoms with Crippen LogP contribution in [-0.2, 0) is 6.61 Å². The average molecular weight is 430 g/mol. The molecule has 0 saturated heterocycles. The van der Waals surface area contributed by atoms with Crippen LogP contribution in [0.25, 0.3) is 33.4 Å². The molecule has 0 fully saturated rings. The Morgan fingerprint density at radius 2 is 1.84 bits per heavy atom. The maximum atomic E-state index is 12.3. The maximum Gasteiger partial charge on any atom is 0.288 e. The number of para-hydroxylation sites is 1. The van der Waals surface area contributed by atoms with E-state index in [2.05, 4.69) is 15.1 Å². The second kappa shape index (κ2) is 8.08. The Morgan fingerprint density at radius 1 is 1.00 bits per heavy atom. The lowest BCUT2D eigenvalue weighted by Crippen LogP contribution is -2.01. The second-order valence-corrected chi connectivity index (χ2v) is 7.31. The molecule has 0 unspecified atom stereocenters. The highest BCUT2D eigenvalue weighted by molar-refractivity contribution is 6.33. The lowest BCUT2D eigenvalue weighted by Gasteiger charge is -2.09. The average Bonchev–Trinajstić information content (AvgIpc) is 3.19. The van der Waals surface area contributed by atoms with Crippen molar-refractivity contribution in [1.82, 2.24) is 15.1 Å². The molecular weight excluding hydrogens is 414 g/mol. The molecule has 0 aliphatic rings. The molecule has 0 bridgehead atoms. The van der Waals surface area contributed by atoms with Gasteiger partial charge in [-0.25, -0.2) is 4.98 Å². The van der Waals surface area contributed by atoms with Crippen molar-refractivity contribution in [3.8, 4) is 28.2 Å². The van der Waals surface area contributed by atoms with E-state index in [1.165, 1.54) is 0 Å². The van der Waals surface area contributed by atoms with Gasteiger partial charge in [0.25, 0.3) is 5.56 Å². The number of hydrogen-bond donors (Lipinski definition) is 1. The van der Waals surface area contributed by atoms with Gasteiger partial charge >= 0.3 is 0 Å². The maximum absolute atomic E-state index is 12.3. The molecule has 1 N–H and O–H groups in total. The van der Waals surface area contributed by atoms with Crippen LogP contribution < -0.4 is 10.3 Å². The topological polar surface area (TPSA) is 81.0 Å². The summed E-state index contributed by atoms with van der Waals surface area (Å²) in [6.07, 6.45) is 3.23. The third kappa shape index (κ3) is 3.81. The summed E-state index contributed by atoms with van der Waals surface area (Å²) in [7, 11) is 0. The summed E-state index contributed by atoms with van der Waals surface area (Å²) < 4.78 is 11.3. The van der Waals surface area contributed by atoms with Crippen molar-refractivity contribution in [2.24, 2.45) is 0 Å². The van der Waals surface area contributed by atoms with E-state index in [4.69, 9.17) is 20.9 Å². The van der Waals surface area contributed by atoms with E-state index >= 15 is 0 Å². The Morgan fingerprint density at radius 3 is 2.68 bits per heavy atom. The third-order valence-corrected chi connectivity index (χ3v) is 5.21. The fourth-order valence-corrected chi connectivity index (χ4v) is 3.64. The van der Waals surface area contributed by atoms with Crippen LogP contribution in [0.15, 0.2) is 88.4 Å². The van der Waals surface area contributed by atoms with Crippen LogP contribution in [0.4, 0.5) is 0 Å². The van der Waals surface area contributed by atoms with Crippen molar-refractivity contribution in [2.45, 2.75) is 6.61 Å². The van der Waals surface area contributed by atoms with E-state index in [-0.39, 0.29) is 5.56 Å². The summed E-state index contributed by atoms with van der Waals surface area (Å²) in [6, 6.07) is 20.6. The van der Waals surface area contributed by atoms with Crippen molar-refractivity contribution in [2.75, 3.05) is 0 Å². The minimum atomic E-state index is -0.333. The molecule has 0 amide bonds. The Labute approximate surface area is 182 Å². The molecule has 0 atom stereocenters. The Bertz CT molecular complexity index is 1430. The largest absolute Gasteiger partial charge is 0.487 e. The molecule has 6 nitrogen and oxygen atoms in total. The molecular formula is C24H16ClN3O3. The lowest BCUT2D eigenvalue weighted by atomic mass is 10.0. The number of ether oxygens (including phenoxy) is 1. The van der Waals surface area contributed by atoms with Gasteiger partial charge in [0.15, 0.2) is 5.76 Å². The molecule has 3 heterocycles. The minimum Gasteiger partial charge on any atom is -0.487 e. The number of nitrogens with zero attached hydrogens (tertiary/aromatic N) is 2. The summed E-state index contributed by atoms with van der Waals surface area (Å²) in [5, 5.41) is 3.87. The Hall–Kier alpha value is -3.90. The number of nitrogens with one attached hydrogen (secondary N) is 1. The summed E-state index contributed by atoms with van der Waals surface area (Å²) in [5.41, 5.74) is 3.08. The fourth-order valence-electron chi connectivity index (χ4n) is 3.39. The number of H-pyrrole nitrogens is 1. The van der Waals surface area contributed by atoms with E-state index in [9.17, 15) is 4.79 Å². The van der Waals surface area contributed by atoms with Crippen LogP contribution in [-0.4, -0.2) is 15.1 Å². The number of halogens is 1. The molecule has 0 radical (unpaired) electrons. The number of hydrogen-bond acceptors (Lipinski definition) is 5. The van der Waals surface area contributed by atoms with E-state index in [1.807, 2.05) is 36.4 Å². The number of rotatable bonds is 5. The van der Waals surface area contributed by atoms with Crippen LogP contribution in [0.5, 0.6) is 5.75 Å². The zero-order valence-corrected chi connectivity index (χ0v) is 17.0. The van der Waals surface area contributed by atoms with Crippen LogP contribution in [0, 0.1) is 0 Å². The van der Waals surface area contributed by atoms with Gasteiger partial charge in [-0.1, -0.05) is 35.9 Å². The predicted molar refractivity (Wildman–Crippen MR) is 119 cm³/mol. The minimum absolute atomic E-state index is 0.308. The van der Waals surface area contributed by atoms with Crippen LogP contribution in [0.1, 0.15) is 5.69 Å². The first-order valence-corrected chi connectivity index (χ1v) is 9.96. The monoisotopic (exact) mass is 429 g/mol. The summed E-state index contributed by atoms with van der Waals surface area (Å²) >= 11 is 6.51. The van der Waals surface area contributed by atoms with Gasteiger partial charge in [0.1, 0.15) is 12.4 Å². The lowest BCUT2D eigenvalue weighted by molar-refractivity contribution is 0.302. The molecule has 0 aliphatic heterocycles. The van der Waals surface area contributed by atoms with Crippen molar-refractivity contribution in [3.05, 3.63) is 100 Å². The van der Waals surface area contributed by atoms with Gasteiger partial charge < -0.3 is 9.26 Å². The molecule has 31 heavy (non-hydrogen) atoms. The predicted octanol–water partition coefficient (Wildman–Crippen LogP) is 5.48. The van der Waals surface area contributed by atoms with Crippen molar-refractivity contribution in [1.29, 1.82) is 0 Å². The van der Waals surface area contributed by atoms with Gasteiger partial charge in [-0.3, -0.25) is 9.78 Å². The molecule has 0 aliphatic carbocycles. The van der Waals surface area contributed by atoms with Gasteiger partial charge in [-0.05, 0) is 48.0 Å². The quantitative estimate of drug-likeness (QED) is 0.400. The summed E-state index contributed by atoms with van der Waals surface area (Å²) in [4.78, 5) is 20.9. The smallest absolute Gasteiger partial charge is 0.288 e. The highest BCUT2D eigenvalue weighted by Gasteiger charge is 2.19. The van der Waals surface area contributed by atoms with E-state index in [0.29, 0.717) is 39.8 Å². The molecule has 7 heteroatoms. The highest BCUT2D eigenvalue weighted by atomic mass is 35.5. The van der Waals surface area contributed by atoms with Crippen LogP contribution in [0.3, 0.4) is 0 Å². The molecule has 5 aromatic rings. The van der Waals surface area contributed by atoms with Gasteiger partial charge in [0.2, 0.25) is 0 Å². The number of aromatic amines is 1. The standard InChI is InChI=1S/C24H16ClN3O3/c25-20-13-18(30-14-17-6-5-15-3-1-2-4-21(15)27-17)7-8-19(20)23-22(24(29)28-31-23)16-9-11-26-12-10-16/h1-13H,14H2,(H,28,29). The number of pyridine rings is 2.